The monoisotopic (exact) mass is 433 g/mol. The maximum atomic E-state index is 13.7. The van der Waals surface area contributed by atoms with Gasteiger partial charge in [0.05, 0.1) is 11.7 Å². The van der Waals surface area contributed by atoms with Crippen LogP contribution in [0, 0.1) is 5.82 Å². The fourth-order valence-corrected chi connectivity index (χ4v) is 4.59. The summed E-state index contributed by atoms with van der Waals surface area (Å²) in [7, 11) is 0. The largest absolute Gasteiger partial charge is 0.459 e. The zero-order chi connectivity index (χ0) is 22.8. The molecule has 4 rings (SSSR count). The zero-order valence-electron chi connectivity index (χ0n) is 18.7. The van der Waals surface area contributed by atoms with Gasteiger partial charge in [-0.1, -0.05) is 49.4 Å². The van der Waals surface area contributed by atoms with E-state index in [4.69, 9.17) is 4.74 Å². The number of carbonyl (C=O) groups excluding carboxylic acids is 2. The molecule has 1 aliphatic carbocycles. The fraction of sp³-hybridized carbons (Fsp3) is 0.333. The van der Waals surface area contributed by atoms with E-state index in [1.165, 1.54) is 12.1 Å². The molecule has 1 N–H and O–H groups in total. The number of dihydropyridines is 1. The van der Waals surface area contributed by atoms with E-state index in [0.717, 1.165) is 11.3 Å². The summed E-state index contributed by atoms with van der Waals surface area (Å²) < 4.78 is 19.3. The van der Waals surface area contributed by atoms with Crippen molar-refractivity contribution in [2.75, 3.05) is 0 Å². The van der Waals surface area contributed by atoms with E-state index in [-0.39, 0.29) is 23.6 Å². The molecule has 0 fully saturated rings. The van der Waals surface area contributed by atoms with Crippen molar-refractivity contribution in [1.29, 1.82) is 0 Å². The average molecular weight is 434 g/mol. The zero-order valence-corrected chi connectivity index (χ0v) is 18.7. The third-order valence-electron chi connectivity index (χ3n) is 6.40. The van der Waals surface area contributed by atoms with Crippen molar-refractivity contribution < 1.29 is 18.7 Å². The molecule has 0 saturated heterocycles. The molecule has 0 amide bonds. The van der Waals surface area contributed by atoms with Crippen LogP contribution in [0.5, 0.6) is 0 Å². The summed E-state index contributed by atoms with van der Waals surface area (Å²) in [6.45, 7) is 5.63. The van der Waals surface area contributed by atoms with Crippen LogP contribution in [0.2, 0.25) is 0 Å². The second kappa shape index (κ2) is 9.11. The molecule has 2 aliphatic rings. The highest BCUT2D eigenvalue weighted by atomic mass is 19.1. The van der Waals surface area contributed by atoms with Crippen LogP contribution in [-0.4, -0.2) is 17.9 Å². The molecule has 0 radical (unpaired) electrons. The van der Waals surface area contributed by atoms with Gasteiger partial charge in [0, 0.05) is 29.3 Å². The first-order valence-corrected chi connectivity index (χ1v) is 11.1. The Balaban J connectivity index is 1.78. The summed E-state index contributed by atoms with van der Waals surface area (Å²) in [6, 6.07) is 16.0. The summed E-state index contributed by atoms with van der Waals surface area (Å²) in [5.41, 5.74) is 4.35. The number of esters is 1. The molecule has 1 aliphatic heterocycles. The molecule has 0 unspecified atom stereocenters. The van der Waals surface area contributed by atoms with Gasteiger partial charge in [-0.3, -0.25) is 4.79 Å². The molecule has 166 valence electrons. The van der Waals surface area contributed by atoms with Crippen LogP contribution in [-0.2, 0) is 14.3 Å². The van der Waals surface area contributed by atoms with Gasteiger partial charge in [-0.25, -0.2) is 9.18 Å². The van der Waals surface area contributed by atoms with Gasteiger partial charge in [-0.2, -0.15) is 0 Å². The van der Waals surface area contributed by atoms with Crippen molar-refractivity contribution in [3.63, 3.8) is 0 Å². The number of carbonyl (C=O) groups is 2. The van der Waals surface area contributed by atoms with Crippen molar-refractivity contribution in [3.05, 3.63) is 94.1 Å². The number of ketones is 1. The molecular weight excluding hydrogens is 405 g/mol. The molecule has 2 aromatic carbocycles. The van der Waals surface area contributed by atoms with Gasteiger partial charge in [0.25, 0.3) is 0 Å². The predicted octanol–water partition coefficient (Wildman–Crippen LogP) is 5.53. The number of hydrogen-bond donors (Lipinski definition) is 1. The third-order valence-corrected chi connectivity index (χ3v) is 6.40. The number of Topliss-reactive ketones (excluding diaryl/α,β-unsaturated/α-hetero) is 1. The average Bonchev–Trinajstić information content (AvgIpc) is 2.79. The number of halogens is 1. The Morgan fingerprint density at radius 3 is 2.44 bits per heavy atom. The maximum absolute atomic E-state index is 13.7. The topological polar surface area (TPSA) is 55.4 Å². The lowest BCUT2D eigenvalue weighted by Gasteiger charge is -2.37. The highest BCUT2D eigenvalue weighted by molar-refractivity contribution is 6.04. The van der Waals surface area contributed by atoms with Crippen molar-refractivity contribution in [2.24, 2.45) is 0 Å². The first kappa shape index (κ1) is 22.0. The number of nitrogens with one attached hydrogen (secondary N) is 1. The van der Waals surface area contributed by atoms with Crippen molar-refractivity contribution >= 4 is 11.8 Å². The Morgan fingerprint density at radius 1 is 1.09 bits per heavy atom. The molecule has 0 bridgehead atoms. The Labute approximate surface area is 188 Å². The minimum absolute atomic E-state index is 0.00303. The molecule has 0 aromatic heterocycles. The number of allylic oxidation sites excluding steroid dienone is 3. The first-order chi connectivity index (χ1) is 15.4. The molecule has 5 heteroatoms. The summed E-state index contributed by atoms with van der Waals surface area (Å²) in [5, 5.41) is 3.35. The van der Waals surface area contributed by atoms with Crippen LogP contribution in [0.4, 0.5) is 4.39 Å². The SMILES string of the molecule is CC[C@@H](C)OC(=O)C1=C(C)NC2=C(C(=O)C[C@H](c3ccccc3)C2)[C@H]1c1ccc(F)cc1. The highest BCUT2D eigenvalue weighted by Gasteiger charge is 2.41. The summed E-state index contributed by atoms with van der Waals surface area (Å²) in [5.74, 6) is -1.30. The van der Waals surface area contributed by atoms with Crippen LogP contribution in [0.15, 0.2) is 77.1 Å². The third kappa shape index (κ3) is 4.24. The van der Waals surface area contributed by atoms with E-state index in [1.807, 2.05) is 51.1 Å². The number of benzene rings is 2. The number of rotatable bonds is 5. The van der Waals surface area contributed by atoms with Crippen LogP contribution in [0.3, 0.4) is 0 Å². The van der Waals surface area contributed by atoms with Crippen LogP contribution in [0.25, 0.3) is 0 Å². The number of hydrogen-bond acceptors (Lipinski definition) is 4. The lowest BCUT2D eigenvalue weighted by molar-refractivity contribution is -0.144. The molecular formula is C27H28FNO3. The highest BCUT2D eigenvalue weighted by Crippen LogP contribution is 2.45. The van der Waals surface area contributed by atoms with E-state index >= 15 is 0 Å². The van der Waals surface area contributed by atoms with Gasteiger partial charge in [0.15, 0.2) is 5.78 Å². The van der Waals surface area contributed by atoms with Gasteiger partial charge in [-0.15, -0.1) is 0 Å². The first-order valence-electron chi connectivity index (χ1n) is 11.1. The van der Waals surface area contributed by atoms with Crippen molar-refractivity contribution in [1.82, 2.24) is 5.32 Å². The second-order valence-electron chi connectivity index (χ2n) is 8.60. The Morgan fingerprint density at radius 2 is 1.78 bits per heavy atom. The quantitative estimate of drug-likeness (QED) is 0.630. The smallest absolute Gasteiger partial charge is 0.337 e. The molecule has 3 atom stereocenters. The van der Waals surface area contributed by atoms with Gasteiger partial charge < -0.3 is 10.1 Å². The van der Waals surface area contributed by atoms with E-state index in [9.17, 15) is 14.0 Å². The molecule has 32 heavy (non-hydrogen) atoms. The predicted molar refractivity (Wildman–Crippen MR) is 121 cm³/mol. The van der Waals surface area contributed by atoms with E-state index in [1.54, 1.807) is 12.1 Å². The van der Waals surface area contributed by atoms with Crippen LogP contribution in [0.1, 0.15) is 63.0 Å². The minimum Gasteiger partial charge on any atom is -0.459 e. The van der Waals surface area contributed by atoms with Gasteiger partial charge in [0.2, 0.25) is 0 Å². The summed E-state index contributed by atoms with van der Waals surface area (Å²) in [6.07, 6.45) is 1.50. The van der Waals surface area contributed by atoms with Crippen molar-refractivity contribution in [2.45, 2.75) is 58.0 Å². The van der Waals surface area contributed by atoms with Crippen molar-refractivity contribution in [3.8, 4) is 0 Å². The van der Waals surface area contributed by atoms with Crippen LogP contribution < -0.4 is 5.32 Å². The lowest BCUT2D eigenvalue weighted by Crippen LogP contribution is -2.36. The lowest BCUT2D eigenvalue weighted by atomic mass is 9.72. The molecule has 0 spiro atoms. The van der Waals surface area contributed by atoms with E-state index in [2.05, 4.69) is 5.32 Å². The minimum atomic E-state index is -0.576. The van der Waals surface area contributed by atoms with E-state index in [0.29, 0.717) is 41.7 Å². The maximum Gasteiger partial charge on any atom is 0.337 e. The Bertz CT molecular complexity index is 1090. The Hall–Kier alpha value is -3.21. The number of ether oxygens (including phenoxy) is 1. The molecule has 0 saturated carbocycles. The standard InChI is InChI=1S/C27H28FNO3/c1-4-16(2)32-27(31)24-17(3)29-22-14-20(18-8-6-5-7-9-18)15-23(30)26(22)25(24)19-10-12-21(28)13-11-19/h5-13,16,20,25,29H,4,14-15H2,1-3H3/t16-,20-,25+/m1/s1. The van der Waals surface area contributed by atoms with Gasteiger partial charge in [-0.05, 0) is 55.9 Å². The van der Waals surface area contributed by atoms with Gasteiger partial charge >= 0.3 is 5.97 Å². The summed E-state index contributed by atoms with van der Waals surface area (Å²) in [4.78, 5) is 26.6. The van der Waals surface area contributed by atoms with Gasteiger partial charge in [0.1, 0.15) is 5.82 Å². The molecule has 1 heterocycles. The second-order valence-corrected chi connectivity index (χ2v) is 8.60. The Kier molecular flexibility index (Phi) is 6.26. The van der Waals surface area contributed by atoms with E-state index < -0.39 is 11.9 Å². The summed E-state index contributed by atoms with van der Waals surface area (Å²) >= 11 is 0. The molecule has 2 aromatic rings. The molecule has 4 nitrogen and oxygen atoms in total. The fourth-order valence-electron chi connectivity index (χ4n) is 4.59. The normalized spacial score (nSPS) is 21.7. The van der Waals surface area contributed by atoms with Crippen LogP contribution >= 0.6 is 0 Å².